The second kappa shape index (κ2) is 20.2. The molecule has 0 bridgehead atoms. The van der Waals surface area contributed by atoms with Crippen LogP contribution in [0.5, 0.6) is 0 Å². The lowest BCUT2D eigenvalue weighted by atomic mass is 9.81. The van der Waals surface area contributed by atoms with Gasteiger partial charge in [0, 0.05) is 11.1 Å². The fourth-order valence-corrected chi connectivity index (χ4v) is 5.94. The van der Waals surface area contributed by atoms with Crippen molar-refractivity contribution < 1.29 is 0 Å². The number of likely N-dealkylation sites (tertiary alicyclic amines) is 1. The quantitative estimate of drug-likeness (QED) is 0.339. The Morgan fingerprint density at radius 2 is 1.69 bits per heavy atom. The van der Waals surface area contributed by atoms with Gasteiger partial charge in [0.25, 0.3) is 0 Å². The molecule has 1 saturated heterocycles. The van der Waals surface area contributed by atoms with Crippen LogP contribution < -0.4 is 5.32 Å². The van der Waals surface area contributed by atoms with Crippen LogP contribution in [0.25, 0.3) is 5.57 Å². The minimum Gasteiger partial charge on any atom is -0.358 e. The lowest BCUT2D eigenvalue weighted by Gasteiger charge is -2.28. The number of nitrogens with zero attached hydrogens (tertiary/aromatic N) is 1. The summed E-state index contributed by atoms with van der Waals surface area (Å²) in [5.41, 5.74) is 4.73. The van der Waals surface area contributed by atoms with Gasteiger partial charge >= 0.3 is 0 Å². The molecule has 0 unspecified atom stereocenters. The van der Waals surface area contributed by atoms with Crippen molar-refractivity contribution in [2.75, 3.05) is 25.5 Å². The summed E-state index contributed by atoms with van der Waals surface area (Å²) >= 11 is 3.46. The Balaban J connectivity index is 0.000000391. The lowest BCUT2D eigenvalue weighted by Crippen LogP contribution is -2.24. The Labute approximate surface area is 269 Å². The molecule has 0 aromatic carbocycles. The van der Waals surface area contributed by atoms with Gasteiger partial charge in [-0.1, -0.05) is 78.4 Å². The molecule has 236 valence electrons. The molecule has 2 fully saturated rings. The molecular weight excluding hydrogens is 549 g/mol. The van der Waals surface area contributed by atoms with Gasteiger partial charge in [-0.05, 0) is 132 Å². The summed E-state index contributed by atoms with van der Waals surface area (Å²) in [7, 11) is 2.19. The first-order valence-electron chi connectivity index (χ1n) is 16.2. The van der Waals surface area contributed by atoms with Crippen LogP contribution in [-0.2, 0) is 0 Å². The number of hydrogen-bond donors (Lipinski definition) is 1. The van der Waals surface area contributed by atoms with E-state index in [2.05, 4.69) is 127 Å². The van der Waals surface area contributed by atoms with E-state index >= 15 is 0 Å². The summed E-state index contributed by atoms with van der Waals surface area (Å²) in [6.07, 6.45) is 10.7. The van der Waals surface area contributed by atoms with Crippen LogP contribution in [0.15, 0.2) is 41.7 Å². The predicted octanol–water partition coefficient (Wildman–Crippen LogP) is 12.1. The van der Waals surface area contributed by atoms with Crippen molar-refractivity contribution in [3.8, 4) is 11.8 Å². The SMILES string of the molecule is C=C(C)c1sc(C#CC(C)(C)C)cc1NC(=C)C1CCC(C)CC1.CCC(C)C.CN1CCCCC1.Cc1ccsc1. The van der Waals surface area contributed by atoms with Gasteiger partial charge < -0.3 is 10.2 Å². The van der Waals surface area contributed by atoms with Gasteiger partial charge in [0.15, 0.2) is 0 Å². The van der Waals surface area contributed by atoms with Crippen LogP contribution in [-0.4, -0.2) is 25.0 Å². The van der Waals surface area contributed by atoms with Crippen molar-refractivity contribution in [3.63, 3.8) is 0 Å². The first kappa shape index (κ1) is 38.2. The summed E-state index contributed by atoms with van der Waals surface area (Å²) in [6, 6.07) is 4.26. The zero-order chi connectivity index (χ0) is 31.7. The van der Waals surface area contributed by atoms with E-state index in [-0.39, 0.29) is 5.41 Å². The smallest absolute Gasteiger partial charge is 0.0796 e. The molecule has 2 nitrogen and oxygen atoms in total. The molecule has 0 amide bonds. The van der Waals surface area contributed by atoms with E-state index in [4.69, 9.17) is 0 Å². The zero-order valence-electron chi connectivity index (χ0n) is 28.8. The van der Waals surface area contributed by atoms with Crippen LogP contribution >= 0.6 is 22.7 Å². The fraction of sp³-hybridized carbons (Fsp3) is 0.632. The standard InChI is InChI=1S/C22H31NS.C6H13N.C5H6S.C5H12/c1-15(2)21-20(14-19(24-21)12-13-22(5,6)7)23-17(4)18-10-8-16(3)9-11-18;1-7-5-3-2-4-6-7;1-5-2-3-6-4-5;1-4-5(2)3/h14,16,18,23H,1,4,8-11H2,2-3,5-7H3;2-6H2,1H3;2-4H,1H3;5H,4H2,1-3H3. The van der Waals surface area contributed by atoms with E-state index in [0.717, 1.165) is 33.7 Å². The number of anilines is 1. The summed E-state index contributed by atoms with van der Waals surface area (Å²) < 4.78 is 0. The third-order valence-electron chi connectivity index (χ3n) is 7.54. The Morgan fingerprint density at radius 3 is 2.07 bits per heavy atom. The Hall–Kier alpha value is -1.80. The van der Waals surface area contributed by atoms with Crippen LogP contribution in [0.3, 0.4) is 0 Å². The van der Waals surface area contributed by atoms with Gasteiger partial charge in [-0.3, -0.25) is 0 Å². The molecule has 0 atom stereocenters. The van der Waals surface area contributed by atoms with E-state index in [1.54, 1.807) is 22.7 Å². The maximum atomic E-state index is 4.32. The summed E-state index contributed by atoms with van der Waals surface area (Å²) in [6.45, 7) is 30.7. The zero-order valence-corrected chi connectivity index (χ0v) is 30.4. The topological polar surface area (TPSA) is 15.3 Å². The molecule has 0 radical (unpaired) electrons. The Kier molecular flexibility index (Phi) is 18.4. The van der Waals surface area contributed by atoms with Crippen molar-refractivity contribution in [1.82, 2.24) is 4.90 Å². The largest absolute Gasteiger partial charge is 0.358 e. The first-order valence-corrected chi connectivity index (χ1v) is 17.9. The van der Waals surface area contributed by atoms with Gasteiger partial charge in [-0.15, -0.1) is 11.3 Å². The van der Waals surface area contributed by atoms with E-state index in [1.807, 2.05) is 0 Å². The summed E-state index contributed by atoms with van der Waals surface area (Å²) in [5.74, 6) is 8.97. The predicted molar refractivity (Wildman–Crippen MR) is 195 cm³/mol. The highest BCUT2D eigenvalue weighted by Gasteiger charge is 2.21. The summed E-state index contributed by atoms with van der Waals surface area (Å²) in [4.78, 5) is 4.68. The number of piperidine rings is 1. The van der Waals surface area contributed by atoms with Crippen LogP contribution in [0.1, 0.15) is 122 Å². The highest BCUT2D eigenvalue weighted by Crippen LogP contribution is 2.37. The molecule has 1 N–H and O–H groups in total. The number of thiophene rings is 2. The van der Waals surface area contributed by atoms with Gasteiger partial charge in [-0.25, -0.2) is 0 Å². The maximum Gasteiger partial charge on any atom is 0.0796 e. The second-order valence-electron chi connectivity index (χ2n) is 13.7. The van der Waals surface area contributed by atoms with Gasteiger partial charge in [0.2, 0.25) is 0 Å². The molecule has 2 aromatic rings. The van der Waals surface area contributed by atoms with Crippen molar-refractivity contribution >= 4 is 33.9 Å². The minimum absolute atomic E-state index is 0.0172. The highest BCUT2D eigenvalue weighted by atomic mass is 32.1. The van der Waals surface area contributed by atoms with Crippen LogP contribution in [0, 0.1) is 41.9 Å². The number of rotatable bonds is 5. The van der Waals surface area contributed by atoms with Crippen LogP contribution in [0.2, 0.25) is 0 Å². The number of allylic oxidation sites excluding steroid dienone is 2. The second-order valence-corrected chi connectivity index (χ2v) is 15.5. The van der Waals surface area contributed by atoms with Gasteiger partial charge in [-0.2, -0.15) is 11.3 Å². The molecule has 1 saturated carbocycles. The van der Waals surface area contributed by atoms with Crippen molar-refractivity contribution in [2.24, 2.45) is 23.2 Å². The molecule has 1 aliphatic heterocycles. The van der Waals surface area contributed by atoms with E-state index in [9.17, 15) is 0 Å². The molecule has 2 aromatic heterocycles. The fourth-order valence-electron chi connectivity index (χ4n) is 4.38. The Bertz CT molecular complexity index is 1070. The van der Waals surface area contributed by atoms with E-state index < -0.39 is 0 Å². The highest BCUT2D eigenvalue weighted by molar-refractivity contribution is 7.14. The number of nitrogens with one attached hydrogen (secondary N) is 1. The molecule has 0 spiro atoms. The first-order chi connectivity index (χ1) is 19.7. The van der Waals surface area contributed by atoms with E-state index in [0.29, 0.717) is 5.92 Å². The molecule has 1 aliphatic carbocycles. The minimum atomic E-state index is 0.0172. The third kappa shape index (κ3) is 17.3. The van der Waals surface area contributed by atoms with Crippen molar-refractivity contribution in [2.45, 2.75) is 114 Å². The van der Waals surface area contributed by atoms with E-state index in [1.165, 1.54) is 74.9 Å². The van der Waals surface area contributed by atoms with Crippen LogP contribution in [0.4, 0.5) is 5.69 Å². The molecular formula is C38H62N2S2. The third-order valence-corrected chi connectivity index (χ3v) is 9.56. The molecule has 4 heteroatoms. The molecule has 3 heterocycles. The molecule has 4 rings (SSSR count). The number of aryl methyl sites for hydroxylation is 1. The summed E-state index contributed by atoms with van der Waals surface area (Å²) in [5, 5.41) is 7.78. The molecule has 42 heavy (non-hydrogen) atoms. The Morgan fingerprint density at radius 1 is 1.10 bits per heavy atom. The maximum absolute atomic E-state index is 4.32. The van der Waals surface area contributed by atoms with Crippen molar-refractivity contribution in [1.29, 1.82) is 0 Å². The van der Waals surface area contributed by atoms with Gasteiger partial charge in [0.05, 0.1) is 15.4 Å². The average molecular weight is 611 g/mol. The average Bonchev–Trinajstić information content (AvgIpc) is 3.58. The monoisotopic (exact) mass is 610 g/mol. The molecule has 2 aliphatic rings. The van der Waals surface area contributed by atoms with Crippen molar-refractivity contribution in [3.05, 3.63) is 57.1 Å². The van der Waals surface area contributed by atoms with Gasteiger partial charge in [0.1, 0.15) is 0 Å². The normalized spacial score (nSPS) is 18.5. The lowest BCUT2D eigenvalue weighted by molar-refractivity contribution is 0.277. The number of hydrogen-bond acceptors (Lipinski definition) is 4.